The molecule has 0 heterocycles. The Kier molecular flexibility index (Phi) is 13.8. The third-order valence-electron chi connectivity index (χ3n) is 0.667. The lowest BCUT2D eigenvalue weighted by Crippen LogP contribution is -2.20. The first-order chi connectivity index (χ1) is 6.15. The van der Waals surface area contributed by atoms with Crippen LogP contribution < -0.4 is 11.5 Å². The minimum atomic E-state index is -0.333. The molecule has 13 heavy (non-hydrogen) atoms. The molecule has 70 valence electrons. The van der Waals surface area contributed by atoms with E-state index in [4.69, 9.17) is 10.8 Å². The van der Waals surface area contributed by atoms with Gasteiger partial charge in [0.15, 0.2) is 5.96 Å². The van der Waals surface area contributed by atoms with Crippen molar-refractivity contribution in [2.45, 2.75) is 0 Å². The van der Waals surface area contributed by atoms with Crippen LogP contribution in [0.4, 0.5) is 0 Å². The van der Waals surface area contributed by atoms with Gasteiger partial charge in [-0.25, -0.2) is 5.41 Å². The van der Waals surface area contributed by atoms with Gasteiger partial charge in [0.05, 0.1) is 5.16 Å². The SMILES string of the molecule is N=C(N)N.N=C=S.c1ccccc1. The molecule has 0 radical (unpaired) electrons. The Morgan fingerprint density at radius 3 is 1.15 bits per heavy atom. The van der Waals surface area contributed by atoms with Crippen molar-refractivity contribution in [1.82, 2.24) is 0 Å². The zero-order valence-corrected chi connectivity index (χ0v) is 7.84. The van der Waals surface area contributed by atoms with E-state index in [0.29, 0.717) is 0 Å². The summed E-state index contributed by atoms with van der Waals surface area (Å²) >= 11 is 3.81. The van der Waals surface area contributed by atoms with Crippen LogP contribution >= 0.6 is 12.2 Å². The molecule has 6 N–H and O–H groups in total. The first kappa shape index (κ1) is 13.9. The Bertz CT molecular complexity index is 211. The van der Waals surface area contributed by atoms with Crippen molar-refractivity contribution in [1.29, 1.82) is 10.8 Å². The smallest absolute Gasteiger partial charge is 0.183 e. The van der Waals surface area contributed by atoms with Crippen molar-refractivity contribution < 1.29 is 0 Å². The Labute approximate surface area is 82.6 Å². The molecule has 1 aromatic carbocycles. The largest absolute Gasteiger partial charge is 0.370 e. The Hall–Kier alpha value is -1.71. The number of benzene rings is 1. The van der Waals surface area contributed by atoms with Crippen LogP contribution in [0.1, 0.15) is 0 Å². The van der Waals surface area contributed by atoms with Gasteiger partial charge in [-0.05, 0) is 12.2 Å². The van der Waals surface area contributed by atoms with Gasteiger partial charge in [0.2, 0.25) is 0 Å². The van der Waals surface area contributed by atoms with Crippen molar-refractivity contribution in [2.24, 2.45) is 11.5 Å². The molecule has 0 unspecified atom stereocenters. The topological polar surface area (TPSA) is 99.7 Å². The summed E-state index contributed by atoms with van der Waals surface area (Å²) in [6.45, 7) is 0. The highest BCUT2D eigenvalue weighted by molar-refractivity contribution is 7.78. The molecule has 1 rings (SSSR count). The summed E-state index contributed by atoms with van der Waals surface area (Å²) in [4.78, 5) is 0. The van der Waals surface area contributed by atoms with Gasteiger partial charge in [-0.1, -0.05) is 36.4 Å². The van der Waals surface area contributed by atoms with Gasteiger partial charge in [0.25, 0.3) is 0 Å². The van der Waals surface area contributed by atoms with Crippen LogP contribution in [0, 0.1) is 10.8 Å². The maximum Gasteiger partial charge on any atom is 0.183 e. The van der Waals surface area contributed by atoms with Crippen LogP contribution in [0.3, 0.4) is 0 Å². The molecule has 0 aliphatic heterocycles. The van der Waals surface area contributed by atoms with Gasteiger partial charge in [-0.15, -0.1) is 0 Å². The molecule has 1 aromatic rings. The number of rotatable bonds is 0. The maximum atomic E-state index is 6.06. The summed E-state index contributed by atoms with van der Waals surface area (Å²) in [5.41, 5.74) is 8.94. The van der Waals surface area contributed by atoms with E-state index in [9.17, 15) is 0 Å². The molecule has 0 saturated heterocycles. The molecule has 0 aromatic heterocycles. The quantitative estimate of drug-likeness (QED) is 0.285. The fraction of sp³-hybridized carbons (Fsp3) is 0. The summed E-state index contributed by atoms with van der Waals surface area (Å²) in [5.74, 6) is -0.333. The standard InChI is InChI=1S/C6H6.CH5N3.CHNS/c1-2-4-6-5-3-1;2-1(3)4;2-1-3/h1-6H;(H5,2,3,4);2H. The number of nitrogens with two attached hydrogens (primary N) is 2. The van der Waals surface area contributed by atoms with Gasteiger partial charge in [0.1, 0.15) is 0 Å². The predicted molar refractivity (Wildman–Crippen MR) is 57.9 cm³/mol. The fourth-order valence-electron chi connectivity index (χ4n) is 0.385. The highest BCUT2D eigenvalue weighted by Crippen LogP contribution is 1.79. The first-order valence-corrected chi connectivity index (χ1v) is 3.69. The Balaban J connectivity index is 0. The predicted octanol–water partition coefficient (Wildman–Crippen LogP) is 1.19. The lowest BCUT2D eigenvalue weighted by atomic mass is 10.4. The summed E-state index contributed by atoms with van der Waals surface area (Å²) in [7, 11) is 0. The van der Waals surface area contributed by atoms with Gasteiger partial charge in [-0.3, -0.25) is 5.41 Å². The third-order valence-corrected chi connectivity index (χ3v) is 0.667. The molecule has 0 aliphatic carbocycles. The highest BCUT2D eigenvalue weighted by Gasteiger charge is 1.57. The highest BCUT2D eigenvalue weighted by atomic mass is 32.1. The first-order valence-electron chi connectivity index (χ1n) is 3.28. The fourth-order valence-corrected chi connectivity index (χ4v) is 0.385. The van der Waals surface area contributed by atoms with E-state index >= 15 is 0 Å². The van der Waals surface area contributed by atoms with Crippen molar-refractivity contribution in [2.75, 3.05) is 0 Å². The van der Waals surface area contributed by atoms with Gasteiger partial charge < -0.3 is 11.5 Å². The van der Waals surface area contributed by atoms with Crippen LogP contribution in [0.25, 0.3) is 0 Å². The minimum absolute atomic E-state index is 0.333. The number of hydrogen-bond donors (Lipinski definition) is 4. The van der Waals surface area contributed by atoms with Crippen molar-refractivity contribution >= 4 is 23.3 Å². The molecule has 0 aliphatic rings. The second-order valence-electron chi connectivity index (χ2n) is 1.71. The van der Waals surface area contributed by atoms with Crippen molar-refractivity contribution in [3.05, 3.63) is 36.4 Å². The maximum absolute atomic E-state index is 6.06. The second-order valence-corrected chi connectivity index (χ2v) is 1.92. The van der Waals surface area contributed by atoms with E-state index < -0.39 is 0 Å². The molecule has 4 nitrogen and oxygen atoms in total. The third kappa shape index (κ3) is 38.4. The molecule has 5 heteroatoms. The molecule has 0 saturated carbocycles. The zero-order valence-electron chi connectivity index (χ0n) is 7.03. The number of isothiocyanates is 1. The Morgan fingerprint density at radius 1 is 1.00 bits per heavy atom. The average Bonchev–Trinajstić information content (AvgIpc) is 2.08. The van der Waals surface area contributed by atoms with E-state index in [0.717, 1.165) is 0 Å². The lowest BCUT2D eigenvalue weighted by Gasteiger charge is -1.69. The van der Waals surface area contributed by atoms with Crippen molar-refractivity contribution in [3.63, 3.8) is 0 Å². The zero-order chi connectivity index (χ0) is 10.5. The van der Waals surface area contributed by atoms with Crippen LogP contribution in [0.15, 0.2) is 36.4 Å². The molecule has 0 atom stereocenters. The number of nitrogens with one attached hydrogen (secondary N) is 2. The van der Waals surface area contributed by atoms with E-state index in [1.165, 1.54) is 0 Å². The second kappa shape index (κ2) is 12.9. The van der Waals surface area contributed by atoms with Crippen molar-refractivity contribution in [3.8, 4) is 0 Å². The summed E-state index contributed by atoms with van der Waals surface area (Å²) in [5, 5.41) is 13.4. The van der Waals surface area contributed by atoms with E-state index in [-0.39, 0.29) is 5.96 Å². The van der Waals surface area contributed by atoms with Crippen LogP contribution in [-0.2, 0) is 0 Å². The van der Waals surface area contributed by atoms with Crippen LogP contribution in [-0.4, -0.2) is 11.1 Å². The molecular weight excluding hydrogens is 184 g/mol. The lowest BCUT2D eigenvalue weighted by molar-refractivity contribution is 1.39. The molecule has 0 bridgehead atoms. The van der Waals surface area contributed by atoms with Gasteiger partial charge >= 0.3 is 0 Å². The Morgan fingerprint density at radius 2 is 1.08 bits per heavy atom. The molecule has 0 spiro atoms. The van der Waals surface area contributed by atoms with E-state index in [1.54, 1.807) is 5.16 Å². The molecular formula is C8H12N4S. The van der Waals surface area contributed by atoms with E-state index in [1.807, 2.05) is 36.4 Å². The summed E-state index contributed by atoms with van der Waals surface area (Å²) in [6, 6.07) is 12.0. The monoisotopic (exact) mass is 196 g/mol. The normalized spacial score (nSPS) is 6.15. The van der Waals surface area contributed by atoms with Crippen LogP contribution in [0.2, 0.25) is 0 Å². The van der Waals surface area contributed by atoms with E-state index in [2.05, 4.69) is 23.7 Å². The van der Waals surface area contributed by atoms with Crippen LogP contribution in [0.5, 0.6) is 0 Å². The summed E-state index contributed by atoms with van der Waals surface area (Å²) < 4.78 is 0. The molecule has 0 amide bonds. The molecule has 0 fully saturated rings. The minimum Gasteiger partial charge on any atom is -0.370 e. The number of guanidine groups is 1. The summed E-state index contributed by atoms with van der Waals surface area (Å²) in [6.07, 6.45) is 0. The number of hydrogen-bond acceptors (Lipinski definition) is 3. The van der Waals surface area contributed by atoms with Gasteiger partial charge in [-0.2, -0.15) is 0 Å². The average molecular weight is 196 g/mol. The number of thiocarbonyl (C=S) groups is 1. The van der Waals surface area contributed by atoms with Gasteiger partial charge in [0, 0.05) is 0 Å².